The summed E-state index contributed by atoms with van der Waals surface area (Å²) in [5.41, 5.74) is 5.60. The molecule has 1 aliphatic rings. The number of ether oxygens (including phenoxy) is 1. The lowest BCUT2D eigenvalue weighted by molar-refractivity contribution is 0.0342. The zero-order chi connectivity index (χ0) is 29.1. The minimum atomic E-state index is -0.467. The van der Waals surface area contributed by atoms with Crippen molar-refractivity contribution < 1.29 is 18.7 Å². The second-order valence-electron chi connectivity index (χ2n) is 10.1. The molecule has 212 valence electrons. The lowest BCUT2D eigenvalue weighted by Gasteiger charge is -2.27. The van der Waals surface area contributed by atoms with Crippen LogP contribution in [0.3, 0.4) is 0 Å². The standard InChI is InChI=1S/C32H29FN6O3/c1-20(40)27-18-35-30-7-5-21(17-26(27)30)29-9-10-34-32(38-29)36-25-6-8-28(23(16-25)19-39-11-13-42-14-12-39)37-31(41)22-3-2-4-24(33)15-22/h2-10,15-18,35H,11-14,19H2,1H3,(H,37,41)(H,34,36,38). The SMILES string of the molecule is CC(=O)c1c[nH]c2ccc(-c3ccnc(Nc4ccc(NC(=O)c5cccc(F)c5)c(CN5CCOCC5)c4)n3)cc12. The number of benzene rings is 3. The number of anilines is 3. The lowest BCUT2D eigenvalue weighted by Crippen LogP contribution is -2.35. The third kappa shape index (κ3) is 6.04. The number of aromatic nitrogens is 3. The quantitative estimate of drug-likeness (QED) is 0.204. The highest BCUT2D eigenvalue weighted by Crippen LogP contribution is 2.28. The molecule has 1 fully saturated rings. The van der Waals surface area contributed by atoms with Crippen LogP contribution in [0.5, 0.6) is 0 Å². The molecule has 0 unspecified atom stereocenters. The van der Waals surface area contributed by atoms with Gasteiger partial charge in [0.05, 0.1) is 18.9 Å². The minimum absolute atomic E-state index is 0.00750. The second-order valence-corrected chi connectivity index (χ2v) is 10.1. The lowest BCUT2D eigenvalue weighted by atomic mass is 10.1. The third-order valence-electron chi connectivity index (χ3n) is 7.21. The molecule has 3 heterocycles. The molecule has 6 rings (SSSR count). The van der Waals surface area contributed by atoms with Crippen LogP contribution in [0.15, 0.2) is 79.1 Å². The number of H-pyrrole nitrogens is 1. The number of morpholine rings is 1. The van der Waals surface area contributed by atoms with Gasteiger partial charge in [-0.25, -0.2) is 14.4 Å². The van der Waals surface area contributed by atoms with Crippen molar-refractivity contribution in [2.24, 2.45) is 0 Å². The normalized spacial score (nSPS) is 13.7. The molecule has 0 bridgehead atoms. The van der Waals surface area contributed by atoms with Gasteiger partial charge in [0.25, 0.3) is 5.91 Å². The van der Waals surface area contributed by atoms with Crippen molar-refractivity contribution in [3.63, 3.8) is 0 Å². The van der Waals surface area contributed by atoms with Gasteiger partial charge in [-0.3, -0.25) is 14.5 Å². The molecule has 10 heteroatoms. The van der Waals surface area contributed by atoms with E-state index in [1.807, 2.05) is 42.5 Å². The van der Waals surface area contributed by atoms with Crippen molar-refractivity contribution in [1.82, 2.24) is 19.9 Å². The predicted octanol–water partition coefficient (Wildman–Crippen LogP) is 5.79. The van der Waals surface area contributed by atoms with Crippen molar-refractivity contribution in [2.45, 2.75) is 13.5 Å². The monoisotopic (exact) mass is 564 g/mol. The van der Waals surface area contributed by atoms with E-state index in [4.69, 9.17) is 9.72 Å². The number of nitrogens with one attached hydrogen (secondary N) is 3. The maximum absolute atomic E-state index is 13.7. The van der Waals surface area contributed by atoms with Crippen LogP contribution in [-0.2, 0) is 11.3 Å². The van der Waals surface area contributed by atoms with Gasteiger partial charge in [0.1, 0.15) is 5.82 Å². The summed E-state index contributed by atoms with van der Waals surface area (Å²) in [6.07, 6.45) is 3.41. The molecule has 0 atom stereocenters. The number of Topliss-reactive ketones (excluding diaryl/α,β-unsaturated/α-hetero) is 1. The highest BCUT2D eigenvalue weighted by molar-refractivity contribution is 6.07. The van der Waals surface area contributed by atoms with E-state index in [-0.39, 0.29) is 17.3 Å². The number of amides is 1. The van der Waals surface area contributed by atoms with E-state index in [1.54, 1.807) is 25.4 Å². The molecular formula is C32H29FN6O3. The van der Waals surface area contributed by atoms with Crippen LogP contribution < -0.4 is 10.6 Å². The number of nitrogens with zero attached hydrogens (tertiary/aromatic N) is 3. The van der Waals surface area contributed by atoms with E-state index >= 15 is 0 Å². The molecule has 1 saturated heterocycles. The molecule has 0 radical (unpaired) electrons. The average molecular weight is 565 g/mol. The number of hydrogen-bond donors (Lipinski definition) is 3. The summed E-state index contributed by atoms with van der Waals surface area (Å²) in [4.78, 5) is 39.5. The molecular weight excluding hydrogens is 535 g/mol. The van der Waals surface area contributed by atoms with Crippen LogP contribution in [0.1, 0.15) is 33.2 Å². The highest BCUT2D eigenvalue weighted by atomic mass is 19.1. The zero-order valence-electron chi connectivity index (χ0n) is 23.0. The first-order valence-corrected chi connectivity index (χ1v) is 13.7. The Hall–Kier alpha value is -4.93. The summed E-state index contributed by atoms with van der Waals surface area (Å²) < 4.78 is 19.2. The molecule has 42 heavy (non-hydrogen) atoms. The van der Waals surface area contributed by atoms with Gasteiger partial charge < -0.3 is 20.4 Å². The number of carbonyl (C=O) groups excluding carboxylic acids is 2. The van der Waals surface area contributed by atoms with Gasteiger partial charge in [0, 0.05) is 71.0 Å². The fourth-order valence-electron chi connectivity index (χ4n) is 5.03. The average Bonchev–Trinajstić information content (AvgIpc) is 3.43. The van der Waals surface area contributed by atoms with E-state index < -0.39 is 5.82 Å². The number of carbonyl (C=O) groups is 2. The van der Waals surface area contributed by atoms with Crippen LogP contribution in [0, 0.1) is 5.82 Å². The van der Waals surface area contributed by atoms with Crippen molar-refractivity contribution in [3.8, 4) is 11.3 Å². The van der Waals surface area contributed by atoms with Gasteiger partial charge in [-0.1, -0.05) is 12.1 Å². The van der Waals surface area contributed by atoms with Crippen LogP contribution in [-0.4, -0.2) is 57.8 Å². The summed E-state index contributed by atoms with van der Waals surface area (Å²) >= 11 is 0. The zero-order valence-corrected chi connectivity index (χ0v) is 23.0. The van der Waals surface area contributed by atoms with Gasteiger partial charge in [-0.2, -0.15) is 0 Å². The Kier molecular flexibility index (Phi) is 7.72. The van der Waals surface area contributed by atoms with Gasteiger partial charge >= 0.3 is 0 Å². The summed E-state index contributed by atoms with van der Waals surface area (Å²) in [5.74, 6) is -0.457. The van der Waals surface area contributed by atoms with E-state index in [9.17, 15) is 14.0 Å². The van der Waals surface area contributed by atoms with Crippen molar-refractivity contribution in [3.05, 3.63) is 102 Å². The molecule has 2 aromatic heterocycles. The van der Waals surface area contributed by atoms with Gasteiger partial charge in [0.15, 0.2) is 5.78 Å². The largest absolute Gasteiger partial charge is 0.379 e. The van der Waals surface area contributed by atoms with Crippen LogP contribution in [0.4, 0.5) is 21.7 Å². The summed E-state index contributed by atoms with van der Waals surface area (Å²) in [6, 6.07) is 18.9. The molecule has 3 aromatic carbocycles. The van der Waals surface area contributed by atoms with Gasteiger partial charge in [-0.05, 0) is 67.1 Å². The number of hydrogen-bond acceptors (Lipinski definition) is 7. The van der Waals surface area contributed by atoms with E-state index in [0.29, 0.717) is 42.7 Å². The number of fused-ring (bicyclic) bond motifs is 1. The van der Waals surface area contributed by atoms with Gasteiger partial charge in [0.2, 0.25) is 5.95 Å². The van der Waals surface area contributed by atoms with Crippen molar-refractivity contribution in [2.75, 3.05) is 36.9 Å². The first-order valence-electron chi connectivity index (χ1n) is 13.7. The third-order valence-corrected chi connectivity index (χ3v) is 7.21. The first-order chi connectivity index (χ1) is 20.4. The highest BCUT2D eigenvalue weighted by Gasteiger charge is 2.17. The Morgan fingerprint density at radius 1 is 1.05 bits per heavy atom. The summed E-state index contributed by atoms with van der Waals surface area (Å²) in [7, 11) is 0. The Labute approximate surface area is 241 Å². The van der Waals surface area contributed by atoms with Crippen molar-refractivity contribution in [1.29, 1.82) is 0 Å². The molecule has 0 spiro atoms. The maximum Gasteiger partial charge on any atom is 0.255 e. The smallest absolute Gasteiger partial charge is 0.255 e. The molecule has 0 aliphatic carbocycles. The van der Waals surface area contributed by atoms with Gasteiger partial charge in [-0.15, -0.1) is 0 Å². The molecule has 9 nitrogen and oxygen atoms in total. The van der Waals surface area contributed by atoms with Crippen LogP contribution >= 0.6 is 0 Å². The Morgan fingerprint density at radius 2 is 1.90 bits per heavy atom. The Balaban J connectivity index is 1.27. The first kappa shape index (κ1) is 27.3. The predicted molar refractivity (Wildman–Crippen MR) is 160 cm³/mol. The molecule has 3 N–H and O–H groups in total. The molecule has 5 aromatic rings. The summed E-state index contributed by atoms with van der Waals surface area (Å²) in [5, 5.41) is 7.07. The van der Waals surface area contributed by atoms with Crippen LogP contribution in [0.25, 0.3) is 22.2 Å². The number of halogens is 1. The molecule has 1 amide bonds. The number of rotatable bonds is 8. The fraction of sp³-hybridized carbons (Fsp3) is 0.188. The second kappa shape index (κ2) is 11.9. The van der Waals surface area contributed by atoms with Crippen LogP contribution in [0.2, 0.25) is 0 Å². The maximum atomic E-state index is 13.7. The van der Waals surface area contributed by atoms with E-state index in [1.165, 1.54) is 18.2 Å². The van der Waals surface area contributed by atoms with E-state index in [0.717, 1.165) is 40.8 Å². The topological polar surface area (TPSA) is 112 Å². The van der Waals surface area contributed by atoms with E-state index in [2.05, 4.69) is 25.5 Å². The Bertz CT molecular complexity index is 1780. The minimum Gasteiger partial charge on any atom is -0.379 e. The van der Waals surface area contributed by atoms with Crippen molar-refractivity contribution >= 4 is 39.9 Å². The molecule has 1 aliphatic heterocycles. The number of ketones is 1. The molecule has 0 saturated carbocycles. The summed E-state index contributed by atoms with van der Waals surface area (Å²) in [6.45, 7) is 4.98. The Morgan fingerprint density at radius 3 is 2.71 bits per heavy atom. The fourth-order valence-corrected chi connectivity index (χ4v) is 5.03. The number of aromatic amines is 1.